The van der Waals surface area contributed by atoms with Crippen LogP contribution in [0.1, 0.15) is 24.6 Å². The van der Waals surface area contributed by atoms with Crippen LogP contribution >= 0.6 is 28.1 Å². The van der Waals surface area contributed by atoms with Gasteiger partial charge in [0.25, 0.3) is 0 Å². The normalized spacial score (nSPS) is 15.4. The second-order valence-corrected chi connectivity index (χ2v) is 5.73. The SMILES string of the molecule is NC(=S)Cn1c(C2CC2)nc2cc(Br)cnc21. The summed E-state index contributed by atoms with van der Waals surface area (Å²) in [6.45, 7) is 0.520. The Bertz CT molecular complexity index is 603. The monoisotopic (exact) mass is 310 g/mol. The maximum absolute atomic E-state index is 5.64. The van der Waals surface area contributed by atoms with Crippen LogP contribution in [0.3, 0.4) is 0 Å². The Hall–Kier alpha value is -1.01. The Morgan fingerprint density at radius 1 is 1.59 bits per heavy atom. The van der Waals surface area contributed by atoms with E-state index in [2.05, 4.69) is 25.9 Å². The Morgan fingerprint density at radius 3 is 3.00 bits per heavy atom. The van der Waals surface area contributed by atoms with Crippen LogP contribution in [-0.4, -0.2) is 19.5 Å². The largest absolute Gasteiger partial charge is 0.392 e. The van der Waals surface area contributed by atoms with Crippen molar-refractivity contribution in [3.8, 4) is 0 Å². The Kier molecular flexibility index (Phi) is 2.63. The standard InChI is InChI=1S/C11H11BrN4S/c12-7-3-8-11(14-4-7)16(5-9(13)17)10(15-8)6-1-2-6/h3-4,6H,1-2,5H2,(H2,13,17). The summed E-state index contributed by atoms with van der Waals surface area (Å²) < 4.78 is 2.98. The predicted molar refractivity (Wildman–Crippen MR) is 74.0 cm³/mol. The molecule has 1 aliphatic carbocycles. The zero-order valence-electron chi connectivity index (χ0n) is 9.06. The molecule has 6 heteroatoms. The first-order chi connectivity index (χ1) is 8.15. The number of hydrogen-bond donors (Lipinski definition) is 1. The summed E-state index contributed by atoms with van der Waals surface area (Å²) >= 11 is 8.40. The third-order valence-electron chi connectivity index (χ3n) is 2.84. The highest BCUT2D eigenvalue weighted by atomic mass is 79.9. The van der Waals surface area contributed by atoms with E-state index in [1.54, 1.807) is 6.20 Å². The van der Waals surface area contributed by atoms with Crippen molar-refractivity contribution in [2.75, 3.05) is 0 Å². The van der Waals surface area contributed by atoms with Crippen LogP contribution in [0.4, 0.5) is 0 Å². The molecule has 2 aromatic heterocycles. The third-order valence-corrected chi connectivity index (χ3v) is 3.40. The number of pyridine rings is 1. The molecule has 0 amide bonds. The lowest BCUT2D eigenvalue weighted by molar-refractivity contribution is 0.777. The first-order valence-electron chi connectivity index (χ1n) is 5.45. The van der Waals surface area contributed by atoms with E-state index in [1.807, 2.05) is 10.6 Å². The fourth-order valence-electron chi connectivity index (χ4n) is 1.97. The van der Waals surface area contributed by atoms with Crippen molar-refractivity contribution in [2.24, 2.45) is 5.73 Å². The fraction of sp³-hybridized carbons (Fsp3) is 0.364. The first-order valence-corrected chi connectivity index (χ1v) is 6.65. The van der Waals surface area contributed by atoms with Gasteiger partial charge in [0.05, 0.1) is 11.5 Å². The van der Waals surface area contributed by atoms with Crippen molar-refractivity contribution < 1.29 is 0 Å². The summed E-state index contributed by atoms with van der Waals surface area (Å²) in [7, 11) is 0. The second kappa shape index (κ2) is 4.03. The molecule has 0 aromatic carbocycles. The number of halogens is 1. The predicted octanol–water partition coefficient (Wildman–Crippen LogP) is 2.36. The van der Waals surface area contributed by atoms with Gasteiger partial charge in [0, 0.05) is 16.6 Å². The molecule has 0 saturated heterocycles. The van der Waals surface area contributed by atoms with E-state index < -0.39 is 0 Å². The molecule has 0 unspecified atom stereocenters. The van der Waals surface area contributed by atoms with Crippen molar-refractivity contribution in [3.63, 3.8) is 0 Å². The van der Waals surface area contributed by atoms with Gasteiger partial charge in [0.1, 0.15) is 11.3 Å². The number of rotatable bonds is 3. The minimum Gasteiger partial charge on any atom is -0.392 e. The van der Waals surface area contributed by atoms with Crippen molar-refractivity contribution >= 4 is 44.3 Å². The molecule has 0 bridgehead atoms. The summed E-state index contributed by atoms with van der Waals surface area (Å²) in [6.07, 6.45) is 4.17. The maximum atomic E-state index is 5.64. The average Bonchev–Trinajstić information content (AvgIpc) is 3.03. The fourth-order valence-corrected chi connectivity index (χ4v) is 2.42. The topological polar surface area (TPSA) is 56.7 Å². The van der Waals surface area contributed by atoms with E-state index in [0.29, 0.717) is 17.5 Å². The summed E-state index contributed by atoms with van der Waals surface area (Å²) in [5.74, 6) is 1.62. The lowest BCUT2D eigenvalue weighted by Gasteiger charge is -2.06. The lowest BCUT2D eigenvalue weighted by Crippen LogP contribution is -2.18. The van der Waals surface area contributed by atoms with Crippen molar-refractivity contribution in [1.82, 2.24) is 14.5 Å². The Morgan fingerprint density at radius 2 is 2.35 bits per heavy atom. The van der Waals surface area contributed by atoms with Crippen LogP contribution in [0.25, 0.3) is 11.2 Å². The van der Waals surface area contributed by atoms with Gasteiger partial charge in [-0.1, -0.05) is 12.2 Å². The molecule has 0 radical (unpaired) electrons. The summed E-state index contributed by atoms with van der Waals surface area (Å²) in [4.78, 5) is 9.52. The summed E-state index contributed by atoms with van der Waals surface area (Å²) in [5.41, 5.74) is 7.40. The van der Waals surface area contributed by atoms with Crippen molar-refractivity contribution in [1.29, 1.82) is 0 Å². The van der Waals surface area contributed by atoms with Gasteiger partial charge in [-0.3, -0.25) is 0 Å². The smallest absolute Gasteiger partial charge is 0.160 e. The number of thiocarbonyl (C=S) groups is 1. The maximum Gasteiger partial charge on any atom is 0.160 e. The quantitative estimate of drug-likeness (QED) is 0.884. The van der Waals surface area contributed by atoms with Gasteiger partial charge in [-0.05, 0) is 34.8 Å². The molecule has 3 rings (SSSR count). The Labute approximate surface area is 112 Å². The van der Waals surface area contributed by atoms with Crippen LogP contribution in [0.5, 0.6) is 0 Å². The van der Waals surface area contributed by atoms with Crippen LogP contribution in [-0.2, 0) is 6.54 Å². The minimum atomic E-state index is 0.468. The average molecular weight is 311 g/mol. The molecule has 0 aliphatic heterocycles. The van der Waals surface area contributed by atoms with Gasteiger partial charge < -0.3 is 10.3 Å². The number of fused-ring (bicyclic) bond motifs is 1. The highest BCUT2D eigenvalue weighted by Gasteiger charge is 2.30. The van der Waals surface area contributed by atoms with Gasteiger partial charge in [-0.15, -0.1) is 0 Å². The zero-order valence-corrected chi connectivity index (χ0v) is 11.5. The van der Waals surface area contributed by atoms with Crippen LogP contribution in [0.2, 0.25) is 0 Å². The minimum absolute atomic E-state index is 0.468. The Balaban J connectivity index is 2.19. The zero-order chi connectivity index (χ0) is 12.0. The van der Waals surface area contributed by atoms with Gasteiger partial charge in [0.2, 0.25) is 0 Å². The number of nitrogens with two attached hydrogens (primary N) is 1. The van der Waals surface area contributed by atoms with Crippen LogP contribution < -0.4 is 5.73 Å². The number of aromatic nitrogens is 3. The molecule has 1 saturated carbocycles. The highest BCUT2D eigenvalue weighted by Crippen LogP contribution is 2.40. The molecule has 2 heterocycles. The number of imidazole rings is 1. The molecule has 1 aliphatic rings. The van der Waals surface area contributed by atoms with E-state index in [1.165, 1.54) is 12.8 Å². The molecule has 2 N–H and O–H groups in total. The molecule has 0 atom stereocenters. The van der Waals surface area contributed by atoms with Crippen molar-refractivity contribution in [2.45, 2.75) is 25.3 Å². The molecule has 0 spiro atoms. The lowest BCUT2D eigenvalue weighted by atomic mass is 10.4. The molecule has 1 fully saturated rings. The summed E-state index contributed by atoms with van der Waals surface area (Å²) in [6, 6.07) is 1.98. The molecule has 4 nitrogen and oxygen atoms in total. The van der Waals surface area contributed by atoms with E-state index in [-0.39, 0.29) is 0 Å². The molecule has 17 heavy (non-hydrogen) atoms. The van der Waals surface area contributed by atoms with E-state index in [4.69, 9.17) is 18.0 Å². The van der Waals surface area contributed by atoms with Crippen molar-refractivity contribution in [3.05, 3.63) is 22.6 Å². The highest BCUT2D eigenvalue weighted by molar-refractivity contribution is 9.10. The van der Waals surface area contributed by atoms with Gasteiger partial charge in [-0.25, -0.2) is 9.97 Å². The van der Waals surface area contributed by atoms with E-state index in [0.717, 1.165) is 21.5 Å². The second-order valence-electron chi connectivity index (χ2n) is 4.29. The van der Waals surface area contributed by atoms with Gasteiger partial charge in [0.15, 0.2) is 5.65 Å². The number of hydrogen-bond acceptors (Lipinski definition) is 3. The van der Waals surface area contributed by atoms with E-state index >= 15 is 0 Å². The molecular weight excluding hydrogens is 300 g/mol. The molecule has 2 aromatic rings. The molecule has 88 valence electrons. The van der Waals surface area contributed by atoms with Gasteiger partial charge in [-0.2, -0.15) is 0 Å². The molecular formula is C11H11BrN4S. The van der Waals surface area contributed by atoms with Crippen LogP contribution in [0.15, 0.2) is 16.7 Å². The third kappa shape index (κ3) is 2.07. The van der Waals surface area contributed by atoms with Gasteiger partial charge >= 0.3 is 0 Å². The van der Waals surface area contributed by atoms with Crippen LogP contribution in [0, 0.1) is 0 Å². The van der Waals surface area contributed by atoms with E-state index in [9.17, 15) is 0 Å². The number of nitrogens with zero attached hydrogens (tertiary/aromatic N) is 3. The first kappa shape index (κ1) is 11.1. The summed E-state index contributed by atoms with van der Waals surface area (Å²) in [5, 5.41) is 0.